The van der Waals surface area contributed by atoms with Crippen LogP contribution in [0.4, 0.5) is 9.52 Å². The van der Waals surface area contributed by atoms with E-state index in [9.17, 15) is 9.18 Å². The maximum atomic E-state index is 13.0. The molecule has 0 spiro atoms. The lowest BCUT2D eigenvalue weighted by Gasteiger charge is -2.05. The number of carbonyl (C=O) groups excluding carboxylic acids is 1. The van der Waals surface area contributed by atoms with E-state index in [2.05, 4.69) is 15.6 Å². The van der Waals surface area contributed by atoms with Crippen LogP contribution >= 0.6 is 11.3 Å². The van der Waals surface area contributed by atoms with Crippen molar-refractivity contribution in [1.29, 1.82) is 0 Å². The number of thiazole rings is 1. The summed E-state index contributed by atoms with van der Waals surface area (Å²) in [6.07, 6.45) is 0. The van der Waals surface area contributed by atoms with Gasteiger partial charge in [0.15, 0.2) is 5.13 Å². The van der Waals surface area contributed by atoms with Gasteiger partial charge in [-0.15, -0.1) is 11.3 Å². The van der Waals surface area contributed by atoms with E-state index in [0.717, 1.165) is 22.0 Å². The van der Waals surface area contributed by atoms with Crippen molar-refractivity contribution >= 4 is 22.4 Å². The second-order valence-corrected chi connectivity index (χ2v) is 6.31. The van der Waals surface area contributed by atoms with Gasteiger partial charge in [-0.25, -0.2) is 9.37 Å². The Morgan fingerprint density at radius 1 is 1.12 bits per heavy atom. The van der Waals surface area contributed by atoms with Gasteiger partial charge in [0, 0.05) is 29.6 Å². The topological polar surface area (TPSA) is 54.0 Å². The minimum absolute atomic E-state index is 0.0640. The average molecular weight is 355 g/mol. The summed E-state index contributed by atoms with van der Waals surface area (Å²) < 4.78 is 13.0. The van der Waals surface area contributed by atoms with Gasteiger partial charge in [-0.1, -0.05) is 12.1 Å². The molecular weight excluding hydrogens is 337 g/mol. The molecular formula is C19H18FN3OS. The SMILES string of the molecule is CCNC(=O)c1ccc(CNc2nc(-c3ccc(F)cc3)cs2)cc1. The molecule has 0 radical (unpaired) electrons. The summed E-state index contributed by atoms with van der Waals surface area (Å²) >= 11 is 1.50. The van der Waals surface area contributed by atoms with E-state index in [1.165, 1.54) is 23.5 Å². The maximum absolute atomic E-state index is 13.0. The van der Waals surface area contributed by atoms with Gasteiger partial charge >= 0.3 is 0 Å². The molecule has 1 heterocycles. The van der Waals surface area contributed by atoms with Crippen LogP contribution in [0.5, 0.6) is 0 Å². The fraction of sp³-hybridized carbons (Fsp3) is 0.158. The number of nitrogens with zero attached hydrogens (tertiary/aromatic N) is 1. The Morgan fingerprint density at radius 3 is 2.52 bits per heavy atom. The number of benzene rings is 2. The Bertz CT molecular complexity index is 844. The highest BCUT2D eigenvalue weighted by Crippen LogP contribution is 2.25. The van der Waals surface area contributed by atoms with E-state index in [0.29, 0.717) is 18.7 Å². The Labute approximate surface area is 149 Å². The van der Waals surface area contributed by atoms with Crippen molar-refractivity contribution in [2.75, 3.05) is 11.9 Å². The van der Waals surface area contributed by atoms with E-state index in [1.807, 2.05) is 36.6 Å². The zero-order valence-electron chi connectivity index (χ0n) is 13.8. The van der Waals surface area contributed by atoms with Crippen molar-refractivity contribution in [3.63, 3.8) is 0 Å². The molecule has 0 aliphatic heterocycles. The summed E-state index contributed by atoms with van der Waals surface area (Å²) in [5.74, 6) is -0.320. The number of halogens is 1. The fourth-order valence-electron chi connectivity index (χ4n) is 2.32. The van der Waals surface area contributed by atoms with Crippen LogP contribution in [0.2, 0.25) is 0 Å². The Hall–Kier alpha value is -2.73. The van der Waals surface area contributed by atoms with Crippen LogP contribution in [-0.2, 0) is 6.54 Å². The molecule has 4 nitrogen and oxygen atoms in total. The Balaban J connectivity index is 1.60. The smallest absolute Gasteiger partial charge is 0.251 e. The third-order valence-electron chi connectivity index (χ3n) is 3.64. The number of nitrogens with one attached hydrogen (secondary N) is 2. The highest BCUT2D eigenvalue weighted by atomic mass is 32.1. The van der Waals surface area contributed by atoms with Crippen LogP contribution in [0.1, 0.15) is 22.8 Å². The van der Waals surface area contributed by atoms with E-state index < -0.39 is 0 Å². The number of amides is 1. The zero-order valence-corrected chi connectivity index (χ0v) is 14.6. The largest absolute Gasteiger partial charge is 0.357 e. The first kappa shape index (κ1) is 17.1. The number of anilines is 1. The van der Waals surface area contributed by atoms with E-state index in [1.54, 1.807) is 12.1 Å². The fourth-order valence-corrected chi connectivity index (χ4v) is 3.04. The number of aromatic nitrogens is 1. The summed E-state index contributed by atoms with van der Waals surface area (Å²) in [6, 6.07) is 13.8. The molecule has 0 unspecified atom stereocenters. The molecule has 1 amide bonds. The van der Waals surface area contributed by atoms with Gasteiger partial charge in [0.25, 0.3) is 5.91 Å². The predicted molar refractivity (Wildman–Crippen MR) is 99.3 cm³/mol. The minimum atomic E-state index is -0.256. The molecule has 1 aromatic heterocycles. The molecule has 0 aliphatic rings. The second-order valence-electron chi connectivity index (χ2n) is 5.45. The summed E-state index contributed by atoms with van der Waals surface area (Å²) in [5.41, 5.74) is 3.42. The molecule has 25 heavy (non-hydrogen) atoms. The lowest BCUT2D eigenvalue weighted by Crippen LogP contribution is -2.22. The lowest BCUT2D eigenvalue weighted by molar-refractivity contribution is 0.0956. The van der Waals surface area contributed by atoms with Crippen molar-refractivity contribution in [2.45, 2.75) is 13.5 Å². The summed E-state index contributed by atoms with van der Waals surface area (Å²) in [4.78, 5) is 16.3. The number of rotatable bonds is 6. The van der Waals surface area contributed by atoms with Gasteiger partial charge in [0.05, 0.1) is 5.69 Å². The molecule has 0 aliphatic carbocycles. The monoisotopic (exact) mass is 355 g/mol. The highest BCUT2D eigenvalue weighted by Gasteiger charge is 2.06. The molecule has 0 saturated carbocycles. The van der Waals surface area contributed by atoms with Crippen LogP contribution in [0.3, 0.4) is 0 Å². The molecule has 0 fully saturated rings. The standard InChI is InChI=1S/C19H18FN3OS/c1-2-21-18(24)15-5-3-13(4-6-15)11-22-19-23-17(12-25-19)14-7-9-16(20)10-8-14/h3-10,12H,2,11H2,1H3,(H,21,24)(H,22,23). The first-order chi connectivity index (χ1) is 12.2. The minimum Gasteiger partial charge on any atom is -0.357 e. The summed E-state index contributed by atoms with van der Waals surface area (Å²) in [5, 5.41) is 8.78. The van der Waals surface area contributed by atoms with Crippen LogP contribution in [0, 0.1) is 5.82 Å². The van der Waals surface area contributed by atoms with Crippen molar-refractivity contribution in [2.24, 2.45) is 0 Å². The van der Waals surface area contributed by atoms with Crippen molar-refractivity contribution in [3.8, 4) is 11.3 Å². The second kappa shape index (κ2) is 7.90. The van der Waals surface area contributed by atoms with Crippen LogP contribution < -0.4 is 10.6 Å². The van der Waals surface area contributed by atoms with E-state index >= 15 is 0 Å². The van der Waals surface area contributed by atoms with Crippen molar-refractivity contribution in [1.82, 2.24) is 10.3 Å². The molecule has 6 heteroatoms. The van der Waals surface area contributed by atoms with Crippen LogP contribution in [0.15, 0.2) is 53.9 Å². The molecule has 0 saturated heterocycles. The van der Waals surface area contributed by atoms with Gasteiger partial charge < -0.3 is 10.6 Å². The molecule has 0 atom stereocenters. The number of carbonyl (C=O) groups is 1. The average Bonchev–Trinajstić information content (AvgIpc) is 3.10. The molecule has 3 rings (SSSR count). The van der Waals surface area contributed by atoms with Gasteiger partial charge in [0.2, 0.25) is 0 Å². The Kier molecular flexibility index (Phi) is 5.40. The molecule has 3 aromatic rings. The van der Waals surface area contributed by atoms with E-state index in [-0.39, 0.29) is 11.7 Å². The van der Waals surface area contributed by atoms with Gasteiger partial charge in [-0.3, -0.25) is 4.79 Å². The quantitative estimate of drug-likeness (QED) is 0.693. The summed E-state index contributed by atoms with van der Waals surface area (Å²) in [6.45, 7) is 3.12. The van der Waals surface area contributed by atoms with Crippen LogP contribution in [-0.4, -0.2) is 17.4 Å². The predicted octanol–water partition coefficient (Wildman–Crippen LogP) is 4.31. The summed E-state index contributed by atoms with van der Waals surface area (Å²) in [7, 11) is 0. The first-order valence-electron chi connectivity index (χ1n) is 7.98. The number of hydrogen-bond donors (Lipinski definition) is 2. The van der Waals surface area contributed by atoms with Gasteiger partial charge in [-0.2, -0.15) is 0 Å². The van der Waals surface area contributed by atoms with Crippen molar-refractivity contribution in [3.05, 3.63) is 70.9 Å². The lowest BCUT2D eigenvalue weighted by atomic mass is 10.1. The molecule has 2 N–H and O–H groups in total. The first-order valence-corrected chi connectivity index (χ1v) is 8.86. The third kappa shape index (κ3) is 4.42. The number of hydrogen-bond acceptors (Lipinski definition) is 4. The van der Waals surface area contributed by atoms with Crippen molar-refractivity contribution < 1.29 is 9.18 Å². The third-order valence-corrected chi connectivity index (χ3v) is 4.44. The van der Waals surface area contributed by atoms with Gasteiger partial charge in [-0.05, 0) is 48.9 Å². The Morgan fingerprint density at radius 2 is 1.84 bits per heavy atom. The molecule has 0 bridgehead atoms. The molecule has 128 valence electrons. The van der Waals surface area contributed by atoms with Gasteiger partial charge in [0.1, 0.15) is 5.82 Å². The highest BCUT2D eigenvalue weighted by molar-refractivity contribution is 7.14. The maximum Gasteiger partial charge on any atom is 0.251 e. The van der Waals surface area contributed by atoms with E-state index in [4.69, 9.17) is 0 Å². The van der Waals surface area contributed by atoms with Crippen LogP contribution in [0.25, 0.3) is 11.3 Å². The normalized spacial score (nSPS) is 10.5. The zero-order chi connectivity index (χ0) is 17.6. The molecule has 2 aromatic carbocycles.